The van der Waals surface area contributed by atoms with E-state index in [4.69, 9.17) is 5.11 Å². The van der Waals surface area contributed by atoms with Crippen molar-refractivity contribution < 1.29 is 28.8 Å². The third-order valence-electron chi connectivity index (χ3n) is 4.01. The molecule has 0 aliphatic rings. The number of thioether (sulfide) groups is 1. The highest BCUT2D eigenvalue weighted by Gasteiger charge is 2.15. The maximum atomic E-state index is 11.9. The second kappa shape index (κ2) is 8.91. The number of benzene rings is 2. The Kier molecular flexibility index (Phi) is 6.50. The van der Waals surface area contributed by atoms with Crippen LogP contribution in [0.5, 0.6) is 0 Å². The summed E-state index contributed by atoms with van der Waals surface area (Å²) in [5.41, 5.74) is 1.58. The number of aromatic nitrogens is 3. The van der Waals surface area contributed by atoms with Gasteiger partial charge in [-0.05, 0) is 36.4 Å². The van der Waals surface area contributed by atoms with Crippen molar-refractivity contribution in [3.8, 4) is 22.5 Å². The Bertz CT molecular complexity index is 1160. The Morgan fingerprint density at radius 3 is 2.47 bits per heavy atom. The molecule has 158 valence electrons. The maximum absolute atomic E-state index is 11.9. The van der Waals surface area contributed by atoms with Crippen LogP contribution < -0.4 is 9.95 Å². The number of carbonyl (C=O) groups is 1. The first kappa shape index (κ1) is 21.9. The van der Waals surface area contributed by atoms with E-state index in [1.165, 1.54) is 31.3 Å². The van der Waals surface area contributed by atoms with E-state index in [9.17, 15) is 23.6 Å². The van der Waals surface area contributed by atoms with E-state index in [1.54, 1.807) is 18.2 Å². The molecule has 0 bridgehead atoms. The van der Waals surface area contributed by atoms with Gasteiger partial charge in [0.15, 0.2) is 11.5 Å². The second-order valence-electron chi connectivity index (χ2n) is 5.99. The molecular formula is C17H17N5O6S2. The SMILES string of the molecule is CNS(=O)(=O)c1ccc(-c2cc(-c3nc(SCC(=O)O)n[nH]3)cc([NH+]([O-])O)c2)cc1. The number of sulfonamides is 1. The Hall–Kier alpha value is -2.81. The van der Waals surface area contributed by atoms with Crippen molar-refractivity contribution in [2.45, 2.75) is 10.1 Å². The minimum absolute atomic E-state index is 0.00515. The van der Waals surface area contributed by atoms with Crippen LogP contribution in [0.15, 0.2) is 52.5 Å². The van der Waals surface area contributed by atoms with E-state index < -0.39 is 21.2 Å². The van der Waals surface area contributed by atoms with E-state index in [0.717, 1.165) is 11.8 Å². The van der Waals surface area contributed by atoms with Crippen molar-refractivity contribution in [3.63, 3.8) is 0 Å². The van der Waals surface area contributed by atoms with Gasteiger partial charge in [-0.2, -0.15) is 5.23 Å². The molecule has 5 N–H and O–H groups in total. The van der Waals surface area contributed by atoms with E-state index in [2.05, 4.69) is 19.9 Å². The lowest BCUT2D eigenvalue weighted by atomic mass is 10.0. The third kappa shape index (κ3) is 5.02. The van der Waals surface area contributed by atoms with Crippen molar-refractivity contribution in [1.82, 2.24) is 19.9 Å². The number of quaternary nitrogens is 1. The quantitative estimate of drug-likeness (QED) is 0.243. The molecule has 30 heavy (non-hydrogen) atoms. The molecule has 0 saturated heterocycles. The number of nitrogens with zero attached hydrogens (tertiary/aromatic N) is 2. The largest absolute Gasteiger partial charge is 0.595 e. The summed E-state index contributed by atoms with van der Waals surface area (Å²) in [6, 6.07) is 10.5. The average molecular weight is 451 g/mol. The van der Waals surface area contributed by atoms with Gasteiger partial charge in [-0.25, -0.2) is 23.3 Å². The summed E-state index contributed by atoms with van der Waals surface area (Å²) in [6.07, 6.45) is 0. The molecule has 0 radical (unpaired) electrons. The summed E-state index contributed by atoms with van der Waals surface area (Å²) in [7, 11) is -2.28. The van der Waals surface area contributed by atoms with Crippen LogP contribution in [0.25, 0.3) is 22.5 Å². The summed E-state index contributed by atoms with van der Waals surface area (Å²) in [5, 5.41) is 35.5. The minimum Gasteiger partial charge on any atom is -0.595 e. The molecule has 2 aromatic carbocycles. The molecule has 0 fully saturated rings. The van der Waals surface area contributed by atoms with Gasteiger partial charge in [-0.1, -0.05) is 23.9 Å². The Morgan fingerprint density at radius 2 is 1.87 bits per heavy atom. The lowest BCUT2D eigenvalue weighted by Gasteiger charge is -2.14. The summed E-state index contributed by atoms with van der Waals surface area (Å²) in [4.78, 5) is 15.0. The van der Waals surface area contributed by atoms with Crippen molar-refractivity contribution in [3.05, 3.63) is 47.7 Å². The standard InChI is InChI=1S/C17H17N5O6S2/c1-18-30(27,28)14-4-2-10(3-5-14)11-6-12(8-13(7-11)22(25)26)16-19-17(21-20-16)29-9-15(23)24/h2-8,18,22,25H,9H2,1H3,(H,23,24)(H,19,20,21). The zero-order valence-electron chi connectivity index (χ0n) is 15.5. The topological polar surface area (TPSA) is 173 Å². The number of H-pyrrole nitrogens is 1. The highest BCUT2D eigenvalue weighted by atomic mass is 32.2. The lowest BCUT2D eigenvalue weighted by molar-refractivity contribution is -0.991. The van der Waals surface area contributed by atoms with Crippen molar-refractivity contribution >= 4 is 33.4 Å². The van der Waals surface area contributed by atoms with Gasteiger partial charge in [0.1, 0.15) is 0 Å². The monoisotopic (exact) mass is 451 g/mol. The normalized spacial score (nSPS) is 12.6. The molecule has 1 atom stereocenters. The number of hydrogen-bond acceptors (Lipinski definition) is 8. The lowest BCUT2D eigenvalue weighted by Crippen LogP contribution is -2.99. The Morgan fingerprint density at radius 1 is 1.20 bits per heavy atom. The Labute approximate surface area is 175 Å². The van der Waals surface area contributed by atoms with E-state index in [-0.39, 0.29) is 27.3 Å². The summed E-state index contributed by atoms with van der Waals surface area (Å²) in [5.74, 6) is -0.939. The highest BCUT2D eigenvalue weighted by molar-refractivity contribution is 7.99. The van der Waals surface area contributed by atoms with Crippen LogP contribution >= 0.6 is 11.8 Å². The molecule has 3 aromatic rings. The van der Waals surface area contributed by atoms with Gasteiger partial charge in [-0.15, -0.1) is 5.10 Å². The predicted octanol–water partition coefficient (Wildman–Crippen LogP) is 0.627. The van der Waals surface area contributed by atoms with Crippen molar-refractivity contribution in [2.24, 2.45) is 0 Å². The van der Waals surface area contributed by atoms with Gasteiger partial charge < -0.3 is 10.3 Å². The highest BCUT2D eigenvalue weighted by Crippen LogP contribution is 2.29. The van der Waals surface area contributed by atoms with Crippen LogP contribution in [0.1, 0.15) is 0 Å². The predicted molar refractivity (Wildman–Crippen MR) is 108 cm³/mol. The summed E-state index contributed by atoms with van der Waals surface area (Å²) in [6.45, 7) is 0. The van der Waals surface area contributed by atoms with Gasteiger partial charge in [0.05, 0.1) is 10.6 Å². The van der Waals surface area contributed by atoms with E-state index in [1.807, 2.05) is 0 Å². The van der Waals surface area contributed by atoms with Gasteiger partial charge in [-0.3, -0.25) is 9.89 Å². The van der Waals surface area contributed by atoms with Crippen LogP contribution in [-0.2, 0) is 14.8 Å². The fourth-order valence-electron chi connectivity index (χ4n) is 2.57. The number of carboxylic acids is 1. The van der Waals surface area contributed by atoms with E-state index >= 15 is 0 Å². The molecule has 3 rings (SSSR count). The molecule has 0 spiro atoms. The average Bonchev–Trinajstić information content (AvgIpc) is 3.21. The number of aromatic amines is 1. The van der Waals surface area contributed by atoms with Crippen LogP contribution in [0, 0.1) is 5.21 Å². The molecule has 0 aliphatic carbocycles. The fourth-order valence-corrected chi connectivity index (χ4v) is 3.81. The zero-order valence-corrected chi connectivity index (χ0v) is 17.1. The minimum atomic E-state index is -3.59. The first-order valence-corrected chi connectivity index (χ1v) is 10.9. The molecular weight excluding hydrogens is 434 g/mol. The van der Waals surface area contributed by atoms with E-state index in [0.29, 0.717) is 16.7 Å². The van der Waals surface area contributed by atoms with Crippen LogP contribution in [0.4, 0.5) is 5.69 Å². The number of hydrogen-bond donors (Lipinski definition) is 5. The first-order valence-electron chi connectivity index (χ1n) is 8.39. The molecule has 1 heterocycles. The smallest absolute Gasteiger partial charge is 0.313 e. The molecule has 0 aliphatic heterocycles. The summed E-state index contributed by atoms with van der Waals surface area (Å²) >= 11 is 0.929. The number of nitrogens with one attached hydrogen (secondary N) is 3. The fraction of sp³-hybridized carbons (Fsp3) is 0.118. The second-order valence-corrected chi connectivity index (χ2v) is 8.81. The molecule has 1 unspecified atom stereocenters. The van der Waals surface area contributed by atoms with Gasteiger partial charge in [0, 0.05) is 17.7 Å². The maximum Gasteiger partial charge on any atom is 0.313 e. The van der Waals surface area contributed by atoms with Crippen LogP contribution in [-0.4, -0.2) is 52.7 Å². The van der Waals surface area contributed by atoms with Gasteiger partial charge >= 0.3 is 5.97 Å². The van der Waals surface area contributed by atoms with Gasteiger partial charge in [0.2, 0.25) is 15.2 Å². The number of carboxylic acid groups (broad SMARTS) is 1. The molecule has 0 amide bonds. The van der Waals surface area contributed by atoms with Crippen LogP contribution in [0.3, 0.4) is 0 Å². The Balaban J connectivity index is 1.99. The number of rotatable bonds is 8. The zero-order chi connectivity index (χ0) is 21.9. The first-order chi connectivity index (χ1) is 14.2. The molecule has 13 heteroatoms. The third-order valence-corrected chi connectivity index (χ3v) is 6.27. The molecule has 11 nitrogen and oxygen atoms in total. The summed E-state index contributed by atoms with van der Waals surface area (Å²) < 4.78 is 26.0. The van der Waals surface area contributed by atoms with Crippen molar-refractivity contribution in [1.29, 1.82) is 0 Å². The van der Waals surface area contributed by atoms with Gasteiger partial charge in [0.25, 0.3) is 0 Å². The molecule has 1 aromatic heterocycles. The molecule has 0 saturated carbocycles. The van der Waals surface area contributed by atoms with Crippen LogP contribution in [0.2, 0.25) is 0 Å². The van der Waals surface area contributed by atoms with Crippen molar-refractivity contribution in [2.75, 3.05) is 12.8 Å². The number of aliphatic carboxylic acids is 1.